The van der Waals surface area contributed by atoms with Crippen LogP contribution in [0.25, 0.3) is 0 Å². The van der Waals surface area contributed by atoms with Crippen molar-refractivity contribution >= 4 is 5.97 Å². The zero-order valence-electron chi connectivity index (χ0n) is 11.0. The quantitative estimate of drug-likeness (QED) is 0.714. The van der Waals surface area contributed by atoms with Crippen molar-refractivity contribution in [3.8, 4) is 0 Å². The van der Waals surface area contributed by atoms with Gasteiger partial charge in [-0.1, -0.05) is 19.8 Å². The van der Waals surface area contributed by atoms with Crippen molar-refractivity contribution in [1.29, 1.82) is 0 Å². The Morgan fingerprint density at radius 1 is 1.41 bits per heavy atom. The predicted octanol–water partition coefficient (Wildman–Crippen LogP) is 1.30. The third-order valence-corrected chi connectivity index (χ3v) is 2.34. The van der Waals surface area contributed by atoms with Crippen LogP contribution in [0.1, 0.15) is 33.1 Å². The lowest BCUT2D eigenvalue weighted by Crippen LogP contribution is -2.23. The van der Waals surface area contributed by atoms with Crippen molar-refractivity contribution in [3.63, 3.8) is 0 Å². The molecule has 0 spiro atoms. The van der Waals surface area contributed by atoms with Crippen LogP contribution in [0.3, 0.4) is 0 Å². The van der Waals surface area contributed by atoms with Gasteiger partial charge in [0.15, 0.2) is 0 Å². The summed E-state index contributed by atoms with van der Waals surface area (Å²) in [6, 6.07) is 0. The maximum atomic E-state index is 9.45. The summed E-state index contributed by atoms with van der Waals surface area (Å²) in [5.74, 6) is -1.19. The monoisotopic (exact) mass is 244 g/mol. The molecular weight excluding hydrogens is 220 g/mol. The SMILES string of the molecule is CC(O)C(=O)O.CCCCCN1C=CN(C)C1. The fourth-order valence-corrected chi connectivity index (χ4v) is 1.30. The number of carboxylic acids is 1. The molecule has 1 rings (SSSR count). The van der Waals surface area contributed by atoms with Gasteiger partial charge in [-0.3, -0.25) is 0 Å². The Balaban J connectivity index is 0.000000366. The first-order valence-electron chi connectivity index (χ1n) is 6.00. The maximum absolute atomic E-state index is 9.45. The molecule has 2 N–H and O–H groups in total. The summed E-state index contributed by atoms with van der Waals surface area (Å²) >= 11 is 0. The Kier molecular flexibility index (Phi) is 8.23. The molecule has 0 saturated heterocycles. The van der Waals surface area contributed by atoms with Gasteiger partial charge >= 0.3 is 5.97 Å². The molecule has 100 valence electrons. The van der Waals surface area contributed by atoms with Crippen LogP contribution < -0.4 is 0 Å². The molecule has 17 heavy (non-hydrogen) atoms. The number of unbranched alkanes of at least 4 members (excludes halogenated alkanes) is 2. The van der Waals surface area contributed by atoms with E-state index >= 15 is 0 Å². The van der Waals surface area contributed by atoms with Crippen molar-refractivity contribution < 1.29 is 15.0 Å². The summed E-state index contributed by atoms with van der Waals surface area (Å²) in [6.07, 6.45) is 7.07. The number of aliphatic hydroxyl groups excluding tert-OH is 1. The predicted molar refractivity (Wildman–Crippen MR) is 67.3 cm³/mol. The third-order valence-electron chi connectivity index (χ3n) is 2.34. The number of carboxylic acid groups (broad SMARTS) is 1. The molecule has 1 atom stereocenters. The molecule has 5 heteroatoms. The van der Waals surface area contributed by atoms with E-state index < -0.39 is 12.1 Å². The van der Waals surface area contributed by atoms with Gasteiger partial charge in [-0.15, -0.1) is 0 Å². The van der Waals surface area contributed by atoms with Gasteiger partial charge in [0.25, 0.3) is 0 Å². The van der Waals surface area contributed by atoms with Crippen LogP contribution in [0.2, 0.25) is 0 Å². The molecule has 0 aromatic heterocycles. The molecule has 5 nitrogen and oxygen atoms in total. The minimum Gasteiger partial charge on any atom is -0.479 e. The smallest absolute Gasteiger partial charge is 0.332 e. The standard InChI is InChI=1S/C9H18N2.C3H6O3/c1-3-4-5-6-11-8-7-10(2)9-11;1-2(4)3(5)6/h7-8H,3-6,9H2,1-2H3;2,4H,1H3,(H,5,6). The summed E-state index contributed by atoms with van der Waals surface area (Å²) in [6.45, 7) is 5.73. The van der Waals surface area contributed by atoms with Crippen molar-refractivity contribution in [2.24, 2.45) is 0 Å². The van der Waals surface area contributed by atoms with Crippen LogP contribution in [0.4, 0.5) is 0 Å². The van der Waals surface area contributed by atoms with E-state index in [9.17, 15) is 4.79 Å². The lowest BCUT2D eigenvalue weighted by Gasteiger charge is -2.17. The molecule has 0 fully saturated rings. The highest BCUT2D eigenvalue weighted by atomic mass is 16.4. The van der Waals surface area contributed by atoms with Gasteiger partial charge in [-0.2, -0.15) is 0 Å². The van der Waals surface area contributed by atoms with Gasteiger partial charge in [0.05, 0.1) is 6.67 Å². The van der Waals surface area contributed by atoms with E-state index in [0.717, 1.165) is 6.67 Å². The number of aliphatic carboxylic acids is 1. The van der Waals surface area contributed by atoms with E-state index in [-0.39, 0.29) is 0 Å². The Morgan fingerprint density at radius 3 is 2.35 bits per heavy atom. The first-order chi connectivity index (χ1) is 7.97. The molecule has 1 heterocycles. The minimum absolute atomic E-state index is 1.07. The second kappa shape index (κ2) is 8.87. The van der Waals surface area contributed by atoms with Crippen molar-refractivity contribution in [3.05, 3.63) is 12.4 Å². The molecule has 0 aromatic carbocycles. The number of nitrogens with zero attached hydrogens (tertiary/aromatic N) is 2. The summed E-state index contributed by atoms with van der Waals surface area (Å²) in [7, 11) is 2.11. The topological polar surface area (TPSA) is 64.0 Å². The molecule has 1 aliphatic heterocycles. The lowest BCUT2D eigenvalue weighted by atomic mass is 10.2. The molecule has 0 amide bonds. The van der Waals surface area contributed by atoms with Gasteiger partial charge < -0.3 is 20.0 Å². The van der Waals surface area contributed by atoms with Crippen LogP contribution in [0.15, 0.2) is 12.4 Å². The largest absolute Gasteiger partial charge is 0.479 e. The summed E-state index contributed by atoms with van der Waals surface area (Å²) in [5, 5.41) is 15.8. The minimum atomic E-state index is -1.23. The Bertz CT molecular complexity index is 242. The van der Waals surface area contributed by atoms with Gasteiger partial charge in [-0.05, 0) is 13.3 Å². The van der Waals surface area contributed by atoms with Gasteiger partial charge in [0.1, 0.15) is 6.10 Å². The highest BCUT2D eigenvalue weighted by Gasteiger charge is 2.06. The fraction of sp³-hybridized carbons (Fsp3) is 0.750. The van der Waals surface area contributed by atoms with Gasteiger partial charge in [0, 0.05) is 26.0 Å². The number of rotatable bonds is 5. The normalized spacial score (nSPS) is 15.5. The molecule has 0 saturated carbocycles. The van der Waals surface area contributed by atoms with Crippen LogP contribution in [-0.4, -0.2) is 52.3 Å². The molecule has 1 aliphatic rings. The number of carbonyl (C=O) groups is 1. The second-order valence-corrected chi connectivity index (χ2v) is 4.23. The summed E-state index contributed by atoms with van der Waals surface area (Å²) in [4.78, 5) is 14.0. The summed E-state index contributed by atoms with van der Waals surface area (Å²) in [5.41, 5.74) is 0. The first kappa shape index (κ1) is 15.8. The highest BCUT2D eigenvalue weighted by Crippen LogP contribution is 2.05. The van der Waals surface area contributed by atoms with E-state index in [1.165, 1.54) is 32.7 Å². The fourth-order valence-electron chi connectivity index (χ4n) is 1.30. The van der Waals surface area contributed by atoms with Crippen LogP contribution in [0.5, 0.6) is 0 Å². The van der Waals surface area contributed by atoms with Gasteiger partial charge in [0.2, 0.25) is 0 Å². The molecule has 0 bridgehead atoms. The van der Waals surface area contributed by atoms with E-state index in [4.69, 9.17) is 10.2 Å². The van der Waals surface area contributed by atoms with Crippen molar-refractivity contribution in [1.82, 2.24) is 9.80 Å². The number of aliphatic hydroxyl groups is 1. The van der Waals surface area contributed by atoms with Crippen LogP contribution in [-0.2, 0) is 4.79 Å². The van der Waals surface area contributed by atoms with Gasteiger partial charge in [-0.25, -0.2) is 4.79 Å². The number of hydrogen-bond donors (Lipinski definition) is 2. The van der Waals surface area contributed by atoms with E-state index in [1.54, 1.807) is 0 Å². The molecule has 0 radical (unpaired) electrons. The molecule has 0 aliphatic carbocycles. The Morgan fingerprint density at radius 2 is 2.00 bits per heavy atom. The molecule has 1 unspecified atom stereocenters. The second-order valence-electron chi connectivity index (χ2n) is 4.23. The van der Waals surface area contributed by atoms with E-state index in [1.807, 2.05) is 0 Å². The molecular formula is C12H24N2O3. The van der Waals surface area contributed by atoms with Crippen molar-refractivity contribution in [2.75, 3.05) is 20.3 Å². The zero-order chi connectivity index (χ0) is 13.3. The van der Waals surface area contributed by atoms with E-state index in [2.05, 4.69) is 36.2 Å². The van der Waals surface area contributed by atoms with Crippen molar-refractivity contribution in [2.45, 2.75) is 39.2 Å². The number of hydrogen-bond acceptors (Lipinski definition) is 4. The average molecular weight is 244 g/mol. The van der Waals surface area contributed by atoms with Crippen LogP contribution >= 0.6 is 0 Å². The Labute approximate surface area is 103 Å². The average Bonchev–Trinajstić information content (AvgIpc) is 2.65. The zero-order valence-corrected chi connectivity index (χ0v) is 11.0. The molecule has 0 aromatic rings. The van der Waals surface area contributed by atoms with Crippen LogP contribution in [0, 0.1) is 0 Å². The van der Waals surface area contributed by atoms with E-state index in [0.29, 0.717) is 0 Å². The first-order valence-corrected chi connectivity index (χ1v) is 6.00. The Hall–Kier alpha value is -1.23. The lowest BCUT2D eigenvalue weighted by molar-refractivity contribution is -0.145. The maximum Gasteiger partial charge on any atom is 0.332 e. The summed E-state index contributed by atoms with van der Waals surface area (Å²) < 4.78 is 0. The third kappa shape index (κ3) is 8.56. The highest BCUT2D eigenvalue weighted by molar-refractivity contribution is 5.71.